The zero-order valence-corrected chi connectivity index (χ0v) is 12.3. The number of ether oxygens (including phenoxy) is 1. The van der Waals surface area contributed by atoms with Crippen molar-refractivity contribution in [3.8, 4) is 0 Å². The minimum absolute atomic E-state index is 0.247. The van der Waals surface area contributed by atoms with E-state index in [0.29, 0.717) is 19.0 Å². The van der Waals surface area contributed by atoms with Gasteiger partial charge < -0.3 is 14.8 Å². The Kier molecular flexibility index (Phi) is 4.16. The molecule has 5 heteroatoms. The molecule has 20 heavy (non-hydrogen) atoms. The summed E-state index contributed by atoms with van der Waals surface area (Å²) in [7, 11) is 0. The molecule has 1 fully saturated rings. The first-order valence-corrected chi connectivity index (χ1v) is 7.02. The van der Waals surface area contributed by atoms with Crippen LogP contribution in [0.25, 0.3) is 0 Å². The number of rotatable bonds is 1. The van der Waals surface area contributed by atoms with Gasteiger partial charge in [-0.1, -0.05) is 0 Å². The lowest BCUT2D eigenvalue weighted by Crippen LogP contribution is -2.41. The van der Waals surface area contributed by atoms with E-state index in [0.717, 1.165) is 23.1 Å². The van der Waals surface area contributed by atoms with E-state index in [1.165, 1.54) is 6.20 Å². The number of carbonyl (C=O) groups is 1. The molecule has 5 nitrogen and oxygen atoms in total. The molecule has 2 heterocycles. The van der Waals surface area contributed by atoms with Gasteiger partial charge in [0.15, 0.2) is 12.4 Å². The highest BCUT2D eigenvalue weighted by molar-refractivity contribution is 5.68. The van der Waals surface area contributed by atoms with Gasteiger partial charge in [-0.15, -0.1) is 0 Å². The molecule has 1 amide bonds. The van der Waals surface area contributed by atoms with Crippen molar-refractivity contribution in [3.63, 3.8) is 0 Å². The molecule has 0 unspecified atom stereocenters. The van der Waals surface area contributed by atoms with Crippen molar-refractivity contribution in [2.75, 3.05) is 13.1 Å². The molecule has 2 rings (SSSR count). The molecule has 1 saturated heterocycles. The third-order valence-electron chi connectivity index (χ3n) is 3.42. The quantitative estimate of drug-likeness (QED) is 0.585. The average Bonchev–Trinajstić information content (AvgIpc) is 2.37. The number of nitrogens with zero attached hydrogens (tertiary/aromatic N) is 2. The average molecular weight is 278 g/mol. The number of piperidine rings is 1. The SMILES string of the molecule is CC(C)(C)OC(=O)N1CCC(c2ccc[n+]([O-])c2)CC1. The van der Waals surface area contributed by atoms with Gasteiger partial charge >= 0.3 is 6.09 Å². The summed E-state index contributed by atoms with van der Waals surface area (Å²) in [5.41, 5.74) is 0.591. The highest BCUT2D eigenvalue weighted by Crippen LogP contribution is 2.27. The van der Waals surface area contributed by atoms with Crippen molar-refractivity contribution >= 4 is 6.09 Å². The lowest BCUT2D eigenvalue weighted by atomic mass is 9.91. The monoisotopic (exact) mass is 278 g/mol. The van der Waals surface area contributed by atoms with Gasteiger partial charge in [0, 0.05) is 24.7 Å². The van der Waals surface area contributed by atoms with Crippen LogP contribution in [0.1, 0.15) is 45.1 Å². The second-order valence-electron chi connectivity index (χ2n) is 6.24. The van der Waals surface area contributed by atoms with Crippen LogP contribution in [0.3, 0.4) is 0 Å². The van der Waals surface area contributed by atoms with E-state index >= 15 is 0 Å². The Morgan fingerprint density at radius 1 is 1.40 bits per heavy atom. The largest absolute Gasteiger partial charge is 0.619 e. The van der Waals surface area contributed by atoms with Crippen LogP contribution in [-0.4, -0.2) is 29.7 Å². The normalized spacial score (nSPS) is 17.1. The Hall–Kier alpha value is -1.78. The molecule has 110 valence electrons. The summed E-state index contributed by atoms with van der Waals surface area (Å²) < 4.78 is 6.20. The summed E-state index contributed by atoms with van der Waals surface area (Å²) in [5, 5.41) is 11.3. The summed E-state index contributed by atoms with van der Waals surface area (Å²) in [6.45, 7) is 6.96. The van der Waals surface area contributed by atoms with E-state index in [2.05, 4.69) is 0 Å². The molecule has 0 aliphatic carbocycles. The first kappa shape index (κ1) is 14.6. The molecule has 1 aromatic heterocycles. The number of likely N-dealkylation sites (tertiary alicyclic amines) is 1. The second kappa shape index (κ2) is 5.69. The minimum Gasteiger partial charge on any atom is -0.619 e. The van der Waals surface area contributed by atoms with Crippen molar-refractivity contribution in [1.29, 1.82) is 0 Å². The van der Waals surface area contributed by atoms with Crippen molar-refractivity contribution in [2.24, 2.45) is 0 Å². The van der Waals surface area contributed by atoms with Crippen LogP contribution in [0.2, 0.25) is 0 Å². The predicted octanol–water partition coefficient (Wildman–Crippen LogP) is 2.43. The van der Waals surface area contributed by atoms with E-state index in [1.54, 1.807) is 17.2 Å². The Morgan fingerprint density at radius 3 is 2.60 bits per heavy atom. The van der Waals surface area contributed by atoms with Gasteiger partial charge in [0.2, 0.25) is 0 Å². The fourth-order valence-corrected chi connectivity index (χ4v) is 2.44. The molecule has 0 aromatic carbocycles. The van der Waals surface area contributed by atoms with Crippen LogP contribution in [0.15, 0.2) is 24.5 Å². The molecular formula is C15H22N2O3. The van der Waals surface area contributed by atoms with E-state index in [-0.39, 0.29) is 6.09 Å². The van der Waals surface area contributed by atoms with E-state index < -0.39 is 5.60 Å². The first-order valence-electron chi connectivity index (χ1n) is 7.02. The number of pyridine rings is 1. The van der Waals surface area contributed by atoms with Gasteiger partial charge in [0.25, 0.3) is 0 Å². The van der Waals surface area contributed by atoms with Crippen LogP contribution < -0.4 is 4.73 Å². The van der Waals surface area contributed by atoms with E-state index in [4.69, 9.17) is 4.74 Å². The highest BCUT2D eigenvalue weighted by atomic mass is 16.6. The van der Waals surface area contributed by atoms with Crippen LogP contribution in [-0.2, 0) is 4.74 Å². The summed E-state index contributed by atoms with van der Waals surface area (Å²) in [6.07, 6.45) is 4.59. The maximum absolute atomic E-state index is 12.0. The lowest BCUT2D eigenvalue weighted by molar-refractivity contribution is -0.606. The summed E-state index contributed by atoms with van der Waals surface area (Å²) in [6, 6.07) is 3.74. The minimum atomic E-state index is -0.457. The summed E-state index contributed by atoms with van der Waals surface area (Å²) >= 11 is 0. The highest BCUT2D eigenvalue weighted by Gasteiger charge is 2.27. The van der Waals surface area contributed by atoms with Crippen molar-refractivity contribution in [3.05, 3.63) is 35.3 Å². The van der Waals surface area contributed by atoms with Gasteiger partial charge in [-0.2, -0.15) is 4.73 Å². The Labute approximate surface area is 119 Å². The Bertz CT molecular complexity index is 474. The van der Waals surface area contributed by atoms with Crippen molar-refractivity contribution < 1.29 is 14.3 Å². The van der Waals surface area contributed by atoms with Crippen LogP contribution in [0.5, 0.6) is 0 Å². The van der Waals surface area contributed by atoms with Gasteiger partial charge in [0.05, 0.1) is 0 Å². The maximum atomic E-state index is 12.0. The smallest absolute Gasteiger partial charge is 0.410 e. The molecule has 1 aliphatic rings. The lowest BCUT2D eigenvalue weighted by Gasteiger charge is -2.33. The Balaban J connectivity index is 1.91. The van der Waals surface area contributed by atoms with Crippen LogP contribution in [0, 0.1) is 5.21 Å². The van der Waals surface area contributed by atoms with Gasteiger partial charge in [-0.05, 0) is 45.6 Å². The van der Waals surface area contributed by atoms with Crippen LogP contribution in [0.4, 0.5) is 4.79 Å². The van der Waals surface area contributed by atoms with Gasteiger partial charge in [-0.25, -0.2) is 4.79 Å². The number of aromatic nitrogens is 1. The third kappa shape index (κ3) is 3.85. The second-order valence-corrected chi connectivity index (χ2v) is 6.24. The topological polar surface area (TPSA) is 56.5 Å². The van der Waals surface area contributed by atoms with Crippen molar-refractivity contribution in [2.45, 2.75) is 45.1 Å². The van der Waals surface area contributed by atoms with E-state index in [1.807, 2.05) is 26.8 Å². The number of amides is 1. The fourth-order valence-electron chi connectivity index (χ4n) is 2.44. The first-order chi connectivity index (χ1) is 9.35. The van der Waals surface area contributed by atoms with Crippen LogP contribution >= 0.6 is 0 Å². The molecule has 1 aliphatic heterocycles. The molecule has 0 N–H and O–H groups in total. The predicted molar refractivity (Wildman–Crippen MR) is 75.2 cm³/mol. The fraction of sp³-hybridized carbons (Fsp3) is 0.600. The molecule has 0 spiro atoms. The molecule has 1 aromatic rings. The molecule has 0 atom stereocenters. The van der Waals surface area contributed by atoms with Gasteiger partial charge in [-0.3, -0.25) is 0 Å². The summed E-state index contributed by atoms with van der Waals surface area (Å²) in [5.74, 6) is 0.343. The van der Waals surface area contributed by atoms with Gasteiger partial charge in [0.1, 0.15) is 5.60 Å². The molecular weight excluding hydrogens is 256 g/mol. The number of hydrogen-bond donors (Lipinski definition) is 0. The molecule has 0 saturated carbocycles. The number of hydrogen-bond acceptors (Lipinski definition) is 3. The van der Waals surface area contributed by atoms with Crippen molar-refractivity contribution in [1.82, 2.24) is 4.90 Å². The van der Waals surface area contributed by atoms with E-state index in [9.17, 15) is 10.0 Å². The molecule has 0 radical (unpaired) electrons. The third-order valence-corrected chi connectivity index (χ3v) is 3.42. The zero-order valence-electron chi connectivity index (χ0n) is 12.3. The summed E-state index contributed by atoms with van der Waals surface area (Å²) in [4.78, 5) is 13.7. The molecule has 0 bridgehead atoms. The maximum Gasteiger partial charge on any atom is 0.410 e. The standard InChI is InChI=1S/C15H22N2O3/c1-15(2,3)20-14(18)16-9-6-12(7-10-16)13-5-4-8-17(19)11-13/h4-5,8,11-12H,6-7,9-10H2,1-3H3. The number of carbonyl (C=O) groups excluding carboxylic acids is 1. The zero-order chi connectivity index (χ0) is 14.8. The Morgan fingerprint density at radius 2 is 2.05 bits per heavy atom.